The van der Waals surface area contributed by atoms with Gasteiger partial charge in [-0.05, 0) is 41.5 Å². The fourth-order valence-corrected chi connectivity index (χ4v) is 3.34. The van der Waals surface area contributed by atoms with Gasteiger partial charge in [-0.25, -0.2) is 0 Å². The van der Waals surface area contributed by atoms with Crippen LogP contribution >= 0.6 is 11.6 Å². The number of rotatable bonds is 5. The summed E-state index contributed by atoms with van der Waals surface area (Å²) in [5.41, 5.74) is 3.14. The first kappa shape index (κ1) is 19.0. The number of benzene rings is 3. The van der Waals surface area contributed by atoms with Crippen LogP contribution in [0, 0.1) is 0 Å². The van der Waals surface area contributed by atoms with Crippen LogP contribution in [0.2, 0.25) is 5.02 Å². The molecule has 0 atom stereocenters. The van der Waals surface area contributed by atoms with E-state index >= 15 is 0 Å². The van der Waals surface area contributed by atoms with E-state index < -0.39 is 0 Å². The summed E-state index contributed by atoms with van der Waals surface area (Å²) in [5.74, 6) is 0.350. The van der Waals surface area contributed by atoms with Gasteiger partial charge in [-0.3, -0.25) is 9.59 Å². The standard InChI is InChI=1S/C23H19ClN2O3/c24-18-8-6-17(7-9-18)14-26-20-13-19(10-11-21(20)29-15-23(26)28)25-22(27)12-16-4-2-1-3-5-16/h1-11,13H,12,14-15H2,(H,25,27). The van der Waals surface area contributed by atoms with Crippen LogP contribution in [0.5, 0.6) is 5.75 Å². The molecule has 0 unspecified atom stereocenters. The minimum Gasteiger partial charge on any atom is -0.482 e. The highest BCUT2D eigenvalue weighted by Gasteiger charge is 2.26. The molecule has 0 radical (unpaired) electrons. The molecule has 0 saturated heterocycles. The van der Waals surface area contributed by atoms with E-state index in [0.29, 0.717) is 28.7 Å². The summed E-state index contributed by atoms with van der Waals surface area (Å²) in [6.07, 6.45) is 0.280. The quantitative estimate of drug-likeness (QED) is 0.681. The van der Waals surface area contributed by atoms with Crippen molar-refractivity contribution in [3.05, 3.63) is 88.9 Å². The van der Waals surface area contributed by atoms with E-state index in [1.807, 2.05) is 42.5 Å². The zero-order valence-corrected chi connectivity index (χ0v) is 16.4. The number of carbonyl (C=O) groups is 2. The van der Waals surface area contributed by atoms with Crippen LogP contribution in [-0.4, -0.2) is 18.4 Å². The topological polar surface area (TPSA) is 58.6 Å². The zero-order valence-electron chi connectivity index (χ0n) is 15.6. The van der Waals surface area contributed by atoms with Gasteiger partial charge in [-0.2, -0.15) is 0 Å². The molecule has 0 aliphatic carbocycles. The lowest BCUT2D eigenvalue weighted by Gasteiger charge is -2.30. The number of hydrogen-bond donors (Lipinski definition) is 1. The minimum atomic E-state index is -0.139. The highest BCUT2D eigenvalue weighted by molar-refractivity contribution is 6.30. The summed E-state index contributed by atoms with van der Waals surface area (Å²) < 4.78 is 5.55. The van der Waals surface area contributed by atoms with Crippen LogP contribution in [0.4, 0.5) is 11.4 Å². The highest BCUT2D eigenvalue weighted by atomic mass is 35.5. The molecule has 0 aromatic heterocycles. The van der Waals surface area contributed by atoms with E-state index in [1.54, 1.807) is 35.2 Å². The first-order valence-corrected chi connectivity index (χ1v) is 9.62. The Labute approximate surface area is 173 Å². The van der Waals surface area contributed by atoms with Gasteiger partial charge < -0.3 is 15.0 Å². The van der Waals surface area contributed by atoms with Crippen LogP contribution < -0.4 is 15.0 Å². The second-order valence-electron chi connectivity index (χ2n) is 6.79. The molecular weight excluding hydrogens is 388 g/mol. The average molecular weight is 407 g/mol. The molecule has 0 spiro atoms. The number of anilines is 2. The normalized spacial score (nSPS) is 12.9. The molecule has 5 nitrogen and oxygen atoms in total. The number of halogens is 1. The lowest BCUT2D eigenvalue weighted by atomic mass is 10.1. The van der Waals surface area contributed by atoms with Crippen molar-refractivity contribution < 1.29 is 14.3 Å². The number of hydrogen-bond acceptors (Lipinski definition) is 3. The summed E-state index contributed by atoms with van der Waals surface area (Å²) in [7, 11) is 0. The zero-order chi connectivity index (χ0) is 20.2. The van der Waals surface area contributed by atoms with Gasteiger partial charge >= 0.3 is 0 Å². The van der Waals surface area contributed by atoms with Crippen molar-refractivity contribution in [2.75, 3.05) is 16.8 Å². The van der Waals surface area contributed by atoms with Crippen molar-refractivity contribution in [2.24, 2.45) is 0 Å². The van der Waals surface area contributed by atoms with Gasteiger partial charge in [0.15, 0.2) is 6.61 Å². The number of amides is 2. The van der Waals surface area contributed by atoms with Gasteiger partial charge in [0.05, 0.1) is 18.7 Å². The predicted octanol–water partition coefficient (Wildman–Crippen LogP) is 4.45. The number of ether oxygens (including phenoxy) is 1. The van der Waals surface area contributed by atoms with E-state index in [0.717, 1.165) is 11.1 Å². The van der Waals surface area contributed by atoms with Crippen LogP contribution in [0.25, 0.3) is 0 Å². The molecule has 4 rings (SSSR count). The second kappa shape index (κ2) is 8.37. The molecule has 6 heteroatoms. The molecule has 0 saturated carbocycles. The van der Waals surface area contributed by atoms with Crippen molar-refractivity contribution >= 4 is 34.8 Å². The summed E-state index contributed by atoms with van der Waals surface area (Å²) in [6, 6.07) is 22.2. The van der Waals surface area contributed by atoms with Crippen molar-refractivity contribution in [3.63, 3.8) is 0 Å². The summed E-state index contributed by atoms with van der Waals surface area (Å²) in [4.78, 5) is 26.5. The van der Waals surface area contributed by atoms with E-state index in [9.17, 15) is 9.59 Å². The third kappa shape index (κ3) is 4.58. The third-order valence-electron chi connectivity index (χ3n) is 4.65. The molecular formula is C23H19ClN2O3. The molecule has 0 fully saturated rings. The largest absolute Gasteiger partial charge is 0.482 e. The maximum absolute atomic E-state index is 12.5. The second-order valence-corrected chi connectivity index (χ2v) is 7.22. The molecule has 1 aliphatic rings. The fourth-order valence-electron chi connectivity index (χ4n) is 3.21. The monoisotopic (exact) mass is 406 g/mol. The smallest absolute Gasteiger partial charge is 0.265 e. The van der Waals surface area contributed by atoms with Gasteiger partial charge in [0.1, 0.15) is 5.75 Å². The maximum Gasteiger partial charge on any atom is 0.265 e. The number of fused-ring (bicyclic) bond motifs is 1. The highest BCUT2D eigenvalue weighted by Crippen LogP contribution is 2.35. The van der Waals surface area contributed by atoms with Crippen molar-refractivity contribution in [1.29, 1.82) is 0 Å². The predicted molar refractivity (Wildman–Crippen MR) is 113 cm³/mol. The first-order valence-electron chi connectivity index (χ1n) is 9.24. The Morgan fingerprint density at radius 3 is 2.52 bits per heavy atom. The first-order chi connectivity index (χ1) is 14.1. The molecule has 3 aromatic carbocycles. The Bertz CT molecular complexity index is 1040. The van der Waals surface area contributed by atoms with Crippen LogP contribution in [0.15, 0.2) is 72.8 Å². The van der Waals surface area contributed by atoms with E-state index in [2.05, 4.69) is 5.32 Å². The molecule has 0 bridgehead atoms. The summed E-state index contributed by atoms with van der Waals surface area (Å²) in [6.45, 7) is 0.383. The number of carbonyl (C=O) groups excluding carboxylic acids is 2. The number of nitrogens with zero attached hydrogens (tertiary/aromatic N) is 1. The van der Waals surface area contributed by atoms with Crippen molar-refractivity contribution in [1.82, 2.24) is 0 Å². The Morgan fingerprint density at radius 2 is 1.76 bits per heavy atom. The third-order valence-corrected chi connectivity index (χ3v) is 4.90. The van der Waals surface area contributed by atoms with Gasteiger partial charge in [0.25, 0.3) is 5.91 Å². The van der Waals surface area contributed by atoms with Crippen LogP contribution in [0.3, 0.4) is 0 Å². The lowest BCUT2D eigenvalue weighted by Crippen LogP contribution is -2.38. The van der Waals surface area contributed by atoms with Crippen LogP contribution in [-0.2, 0) is 22.6 Å². The molecule has 2 amide bonds. The van der Waals surface area contributed by atoms with Crippen molar-refractivity contribution in [2.45, 2.75) is 13.0 Å². The molecule has 29 heavy (non-hydrogen) atoms. The molecule has 1 heterocycles. The fraction of sp³-hybridized carbons (Fsp3) is 0.130. The van der Waals surface area contributed by atoms with Gasteiger partial charge in [-0.1, -0.05) is 54.1 Å². The maximum atomic E-state index is 12.5. The summed E-state index contributed by atoms with van der Waals surface area (Å²) >= 11 is 5.95. The van der Waals surface area contributed by atoms with Crippen LogP contribution in [0.1, 0.15) is 11.1 Å². The summed E-state index contributed by atoms with van der Waals surface area (Å²) in [5, 5.41) is 3.54. The molecule has 146 valence electrons. The molecule has 3 aromatic rings. The minimum absolute atomic E-state index is 0.0136. The molecule has 1 aliphatic heterocycles. The Morgan fingerprint density at radius 1 is 1.00 bits per heavy atom. The van der Waals surface area contributed by atoms with Gasteiger partial charge in [0, 0.05) is 10.7 Å². The van der Waals surface area contributed by atoms with Crippen molar-refractivity contribution in [3.8, 4) is 5.75 Å². The van der Waals surface area contributed by atoms with Gasteiger partial charge in [-0.15, -0.1) is 0 Å². The average Bonchev–Trinajstić information content (AvgIpc) is 2.72. The Balaban J connectivity index is 1.53. The number of nitrogens with one attached hydrogen (secondary N) is 1. The van der Waals surface area contributed by atoms with E-state index in [1.165, 1.54) is 0 Å². The van der Waals surface area contributed by atoms with E-state index in [-0.39, 0.29) is 24.8 Å². The lowest BCUT2D eigenvalue weighted by molar-refractivity contribution is -0.121. The SMILES string of the molecule is O=C(Cc1ccccc1)Nc1ccc2c(c1)N(Cc1ccc(Cl)cc1)C(=O)CO2. The molecule has 1 N–H and O–H groups in total. The Hall–Kier alpha value is -3.31. The Kier molecular flexibility index (Phi) is 5.49. The van der Waals surface area contributed by atoms with Gasteiger partial charge in [0.2, 0.25) is 5.91 Å². The van der Waals surface area contributed by atoms with E-state index in [4.69, 9.17) is 16.3 Å².